The number of halogens is 1. The van der Waals surface area contributed by atoms with Crippen LogP contribution >= 0.6 is 11.6 Å². The van der Waals surface area contributed by atoms with E-state index in [0.29, 0.717) is 41.2 Å². The lowest BCUT2D eigenvalue weighted by Crippen LogP contribution is -2.33. The second-order valence-corrected chi connectivity index (χ2v) is 6.43. The SMILES string of the molecule is Cc1c(C(=O)N[C@@H]2CC[C@H](C(=O)O)C2)cnn1-c1ccccc1Cl. The van der Waals surface area contributed by atoms with E-state index in [1.54, 1.807) is 17.7 Å². The Morgan fingerprint density at radius 1 is 1.33 bits per heavy atom. The summed E-state index contributed by atoms with van der Waals surface area (Å²) in [7, 11) is 0. The maximum atomic E-state index is 12.5. The van der Waals surface area contributed by atoms with E-state index in [1.807, 2.05) is 18.2 Å². The largest absolute Gasteiger partial charge is 0.481 e. The van der Waals surface area contributed by atoms with Gasteiger partial charge in [0.25, 0.3) is 5.91 Å². The van der Waals surface area contributed by atoms with Crippen LogP contribution in [0.3, 0.4) is 0 Å². The van der Waals surface area contributed by atoms with Gasteiger partial charge in [0.2, 0.25) is 0 Å². The van der Waals surface area contributed by atoms with E-state index >= 15 is 0 Å². The Kier molecular flexibility index (Phi) is 4.57. The Balaban J connectivity index is 1.75. The van der Waals surface area contributed by atoms with Crippen molar-refractivity contribution in [2.75, 3.05) is 0 Å². The molecule has 1 saturated carbocycles. The third-order valence-corrected chi connectivity index (χ3v) is 4.77. The lowest BCUT2D eigenvalue weighted by Gasteiger charge is -2.12. The molecule has 1 amide bonds. The quantitative estimate of drug-likeness (QED) is 0.890. The van der Waals surface area contributed by atoms with Crippen LogP contribution in [-0.4, -0.2) is 32.8 Å². The third kappa shape index (κ3) is 3.14. The molecule has 1 aliphatic rings. The van der Waals surface area contributed by atoms with Gasteiger partial charge in [-0.15, -0.1) is 0 Å². The van der Waals surface area contributed by atoms with E-state index in [1.165, 1.54) is 6.20 Å². The minimum atomic E-state index is -0.797. The van der Waals surface area contributed by atoms with E-state index in [0.717, 1.165) is 0 Å². The number of carboxylic acid groups (broad SMARTS) is 1. The van der Waals surface area contributed by atoms with Crippen LogP contribution in [0.25, 0.3) is 5.69 Å². The number of aromatic nitrogens is 2. The van der Waals surface area contributed by atoms with Gasteiger partial charge in [0.1, 0.15) is 0 Å². The average molecular weight is 348 g/mol. The first kappa shape index (κ1) is 16.5. The van der Waals surface area contributed by atoms with Crippen LogP contribution in [0.15, 0.2) is 30.5 Å². The fraction of sp³-hybridized carbons (Fsp3) is 0.353. The first-order chi connectivity index (χ1) is 11.5. The maximum Gasteiger partial charge on any atom is 0.306 e. The Morgan fingerprint density at radius 2 is 2.08 bits per heavy atom. The number of aliphatic carboxylic acids is 1. The number of carbonyl (C=O) groups excluding carboxylic acids is 1. The van der Waals surface area contributed by atoms with Crippen molar-refractivity contribution >= 4 is 23.5 Å². The predicted molar refractivity (Wildman–Crippen MR) is 89.5 cm³/mol. The molecule has 1 heterocycles. The van der Waals surface area contributed by atoms with Crippen molar-refractivity contribution in [2.45, 2.75) is 32.2 Å². The monoisotopic (exact) mass is 347 g/mol. The molecule has 1 aromatic carbocycles. The summed E-state index contributed by atoms with van der Waals surface area (Å²) in [6.07, 6.45) is 3.26. The van der Waals surface area contributed by atoms with Gasteiger partial charge in [0.05, 0.1) is 34.1 Å². The number of para-hydroxylation sites is 1. The Labute approximate surface area is 144 Å². The predicted octanol–water partition coefficient (Wildman–Crippen LogP) is 2.82. The maximum absolute atomic E-state index is 12.5. The molecule has 0 bridgehead atoms. The van der Waals surface area contributed by atoms with E-state index in [-0.39, 0.29) is 17.9 Å². The number of amides is 1. The zero-order valence-electron chi connectivity index (χ0n) is 13.2. The topological polar surface area (TPSA) is 84.2 Å². The summed E-state index contributed by atoms with van der Waals surface area (Å²) < 4.78 is 1.63. The molecule has 2 N–H and O–H groups in total. The van der Waals surface area contributed by atoms with E-state index in [9.17, 15) is 9.59 Å². The lowest BCUT2D eigenvalue weighted by molar-refractivity contribution is -0.141. The summed E-state index contributed by atoms with van der Waals surface area (Å²) in [6.45, 7) is 1.81. The summed E-state index contributed by atoms with van der Waals surface area (Å²) in [6, 6.07) is 7.17. The van der Waals surface area contributed by atoms with Crippen molar-refractivity contribution < 1.29 is 14.7 Å². The zero-order chi connectivity index (χ0) is 17.3. The van der Waals surface area contributed by atoms with Gasteiger partial charge in [-0.2, -0.15) is 5.10 Å². The molecule has 1 aromatic heterocycles. The van der Waals surface area contributed by atoms with Gasteiger partial charge in [-0.1, -0.05) is 23.7 Å². The molecular formula is C17H18ClN3O3. The van der Waals surface area contributed by atoms with E-state index in [2.05, 4.69) is 10.4 Å². The molecular weight excluding hydrogens is 330 g/mol. The standard InChI is InChI=1S/C17H18ClN3O3/c1-10-13(9-19-21(10)15-5-3-2-4-14(15)18)16(22)20-12-7-6-11(8-12)17(23)24/h2-5,9,11-12H,6-8H2,1H3,(H,20,22)(H,23,24)/t11-,12+/m0/s1. The summed E-state index contributed by atoms with van der Waals surface area (Å²) in [5.74, 6) is -1.40. The van der Waals surface area contributed by atoms with Crippen LogP contribution in [0.1, 0.15) is 35.3 Å². The molecule has 126 valence electrons. The second-order valence-electron chi connectivity index (χ2n) is 6.03. The third-order valence-electron chi connectivity index (χ3n) is 4.45. The Morgan fingerprint density at radius 3 is 2.75 bits per heavy atom. The minimum Gasteiger partial charge on any atom is -0.481 e. The molecule has 0 radical (unpaired) electrons. The fourth-order valence-electron chi connectivity index (χ4n) is 3.10. The molecule has 0 unspecified atom stereocenters. The van der Waals surface area contributed by atoms with E-state index < -0.39 is 5.97 Å². The highest BCUT2D eigenvalue weighted by Gasteiger charge is 2.31. The fourth-order valence-corrected chi connectivity index (χ4v) is 3.31. The smallest absolute Gasteiger partial charge is 0.306 e. The van der Waals surface area contributed by atoms with Crippen LogP contribution in [-0.2, 0) is 4.79 Å². The summed E-state index contributed by atoms with van der Waals surface area (Å²) in [5, 5.41) is 16.8. The molecule has 6 nitrogen and oxygen atoms in total. The minimum absolute atomic E-state index is 0.110. The number of nitrogens with zero attached hydrogens (tertiary/aromatic N) is 2. The van der Waals surface area contributed by atoms with Crippen molar-refractivity contribution in [3.63, 3.8) is 0 Å². The van der Waals surface area contributed by atoms with Crippen molar-refractivity contribution in [1.82, 2.24) is 15.1 Å². The number of rotatable bonds is 4. The van der Waals surface area contributed by atoms with Crippen LogP contribution in [0.5, 0.6) is 0 Å². The first-order valence-electron chi connectivity index (χ1n) is 7.80. The number of carbonyl (C=O) groups is 2. The average Bonchev–Trinajstić information content (AvgIpc) is 3.15. The number of hydrogen-bond acceptors (Lipinski definition) is 3. The molecule has 7 heteroatoms. The van der Waals surface area contributed by atoms with Gasteiger partial charge in [-0.25, -0.2) is 4.68 Å². The summed E-state index contributed by atoms with van der Waals surface area (Å²) >= 11 is 6.19. The van der Waals surface area contributed by atoms with Crippen molar-refractivity contribution in [3.05, 3.63) is 46.7 Å². The molecule has 3 rings (SSSR count). The Hall–Kier alpha value is -2.34. The van der Waals surface area contributed by atoms with E-state index in [4.69, 9.17) is 16.7 Å². The van der Waals surface area contributed by atoms with Gasteiger partial charge in [0.15, 0.2) is 0 Å². The van der Waals surface area contributed by atoms with Gasteiger partial charge in [-0.05, 0) is 38.3 Å². The summed E-state index contributed by atoms with van der Waals surface area (Å²) in [4.78, 5) is 23.5. The van der Waals surface area contributed by atoms with Gasteiger partial charge < -0.3 is 10.4 Å². The molecule has 0 spiro atoms. The number of carboxylic acids is 1. The molecule has 1 fully saturated rings. The lowest BCUT2D eigenvalue weighted by atomic mass is 10.1. The van der Waals surface area contributed by atoms with Crippen LogP contribution < -0.4 is 5.32 Å². The normalized spacial score (nSPS) is 20.1. The van der Waals surface area contributed by atoms with Crippen LogP contribution in [0.4, 0.5) is 0 Å². The van der Waals surface area contributed by atoms with Crippen LogP contribution in [0.2, 0.25) is 5.02 Å². The number of hydrogen-bond donors (Lipinski definition) is 2. The highest BCUT2D eigenvalue weighted by molar-refractivity contribution is 6.32. The summed E-state index contributed by atoms with van der Waals surface area (Å²) in [5.41, 5.74) is 1.87. The number of benzene rings is 1. The van der Waals surface area contributed by atoms with Crippen molar-refractivity contribution in [3.8, 4) is 5.69 Å². The zero-order valence-corrected chi connectivity index (χ0v) is 14.0. The second kappa shape index (κ2) is 6.65. The number of nitrogens with one attached hydrogen (secondary N) is 1. The molecule has 0 saturated heterocycles. The molecule has 24 heavy (non-hydrogen) atoms. The van der Waals surface area contributed by atoms with Crippen molar-refractivity contribution in [1.29, 1.82) is 0 Å². The van der Waals surface area contributed by atoms with Crippen molar-refractivity contribution in [2.24, 2.45) is 5.92 Å². The molecule has 1 aliphatic carbocycles. The molecule has 2 aromatic rings. The Bertz CT molecular complexity index is 787. The van der Waals surface area contributed by atoms with Crippen LogP contribution in [0, 0.1) is 12.8 Å². The van der Waals surface area contributed by atoms with Gasteiger partial charge >= 0.3 is 5.97 Å². The molecule has 2 atom stereocenters. The van der Waals surface area contributed by atoms with Gasteiger partial charge in [0, 0.05) is 6.04 Å². The highest BCUT2D eigenvalue weighted by atomic mass is 35.5. The van der Waals surface area contributed by atoms with Gasteiger partial charge in [-0.3, -0.25) is 9.59 Å². The first-order valence-corrected chi connectivity index (χ1v) is 8.18. The molecule has 0 aliphatic heterocycles. The highest BCUT2D eigenvalue weighted by Crippen LogP contribution is 2.26.